The van der Waals surface area contributed by atoms with E-state index in [0.29, 0.717) is 18.4 Å². The summed E-state index contributed by atoms with van der Waals surface area (Å²) < 4.78 is 12.9. The van der Waals surface area contributed by atoms with Crippen molar-refractivity contribution in [3.8, 4) is 28.1 Å². The second-order valence-electron chi connectivity index (χ2n) is 8.81. The molecule has 1 heterocycles. The van der Waals surface area contributed by atoms with Gasteiger partial charge in [-0.15, -0.1) is 11.8 Å². The molecule has 7 heteroatoms. The molecule has 1 aromatic heterocycles. The quantitative estimate of drug-likeness (QED) is 0.367. The Bertz CT molecular complexity index is 1070. The molecular weight excluding hydrogens is 448 g/mol. The zero-order chi connectivity index (χ0) is 23.9. The second-order valence-corrected chi connectivity index (χ2v) is 9.60. The Morgan fingerprint density at radius 3 is 2.32 bits per heavy atom. The monoisotopic (exact) mass is 480 g/mol. The summed E-state index contributed by atoms with van der Waals surface area (Å²) in [6.45, 7) is 1.19. The number of hydrogen-bond acceptors (Lipinski definition) is 5. The molecular formula is C27H32N2O4S. The first kappa shape index (κ1) is 24.4. The van der Waals surface area contributed by atoms with Crippen molar-refractivity contribution in [2.45, 2.75) is 37.3 Å². The lowest BCUT2D eigenvalue weighted by atomic mass is 9.82. The van der Waals surface area contributed by atoms with E-state index < -0.39 is 5.97 Å². The topological polar surface area (TPSA) is 73.6 Å². The highest BCUT2D eigenvalue weighted by molar-refractivity contribution is 7.98. The van der Waals surface area contributed by atoms with Gasteiger partial charge in [0.1, 0.15) is 17.4 Å². The Balaban J connectivity index is 1.59. The van der Waals surface area contributed by atoms with Crippen LogP contribution >= 0.6 is 11.8 Å². The molecule has 1 fully saturated rings. The van der Waals surface area contributed by atoms with Crippen LogP contribution < -0.4 is 4.74 Å². The van der Waals surface area contributed by atoms with Crippen molar-refractivity contribution in [3.05, 3.63) is 54.6 Å². The normalized spacial score (nSPS) is 18.1. The number of thioether (sulfide) groups is 1. The third kappa shape index (κ3) is 5.83. The van der Waals surface area contributed by atoms with Gasteiger partial charge < -0.3 is 14.6 Å². The smallest absolute Gasteiger partial charge is 0.329 e. The second kappa shape index (κ2) is 11.6. The van der Waals surface area contributed by atoms with Crippen LogP contribution in [0.2, 0.25) is 0 Å². The predicted octanol–water partition coefficient (Wildman–Crippen LogP) is 5.86. The summed E-state index contributed by atoms with van der Waals surface area (Å²) in [6, 6.07) is 18.7. The lowest BCUT2D eigenvalue weighted by Gasteiger charge is -2.28. The zero-order valence-corrected chi connectivity index (χ0v) is 20.6. The number of methoxy groups -OCH3 is 1. The molecule has 0 bridgehead atoms. The minimum absolute atomic E-state index is 0.210. The molecule has 6 nitrogen and oxygen atoms in total. The first-order valence-corrected chi connectivity index (χ1v) is 13.0. The maximum atomic E-state index is 10.7. The van der Waals surface area contributed by atoms with Gasteiger partial charge in [-0.2, -0.15) is 5.10 Å². The molecule has 1 N–H and O–H groups in total. The summed E-state index contributed by atoms with van der Waals surface area (Å²) in [5.41, 5.74) is 4.62. The van der Waals surface area contributed by atoms with Crippen molar-refractivity contribution in [3.63, 3.8) is 0 Å². The lowest BCUT2D eigenvalue weighted by Crippen LogP contribution is -2.23. The molecule has 0 radical (unpaired) electrons. The van der Waals surface area contributed by atoms with Crippen LogP contribution in [-0.4, -0.2) is 47.4 Å². The summed E-state index contributed by atoms with van der Waals surface area (Å²) in [4.78, 5) is 10.7. The molecule has 1 aliphatic carbocycles. The third-order valence-electron chi connectivity index (χ3n) is 6.52. The van der Waals surface area contributed by atoms with Crippen LogP contribution in [0.3, 0.4) is 0 Å². The van der Waals surface area contributed by atoms with Gasteiger partial charge >= 0.3 is 5.97 Å². The van der Waals surface area contributed by atoms with E-state index in [0.717, 1.165) is 54.3 Å². The summed E-state index contributed by atoms with van der Waals surface area (Å²) in [5, 5.41) is 14.9. The van der Waals surface area contributed by atoms with E-state index in [1.54, 1.807) is 18.9 Å². The summed E-state index contributed by atoms with van der Waals surface area (Å²) in [5.74, 6) is 0.906. The van der Waals surface area contributed by atoms with E-state index in [4.69, 9.17) is 19.7 Å². The zero-order valence-electron chi connectivity index (χ0n) is 19.8. The summed E-state index contributed by atoms with van der Waals surface area (Å²) in [7, 11) is 1.68. The first-order valence-electron chi connectivity index (χ1n) is 11.7. The van der Waals surface area contributed by atoms with Crippen molar-refractivity contribution in [2.75, 3.05) is 26.6 Å². The Morgan fingerprint density at radius 1 is 1.03 bits per heavy atom. The molecule has 0 aliphatic heterocycles. The molecule has 2 aromatic carbocycles. The van der Waals surface area contributed by atoms with Crippen molar-refractivity contribution in [2.24, 2.45) is 11.8 Å². The standard InChI is InChI=1S/C27H32N2O4S/c1-32-23-14-12-22(13-15-23)26-25(21-6-4-3-5-7-21)27(34-2)28-29(26)16-19-8-10-20(11-9-19)17-33-18-24(30)31/h3-7,12-15,19-20H,8-11,16-18H2,1-2H3,(H,30,31)/t19-,20+. The fraction of sp³-hybridized carbons (Fsp3) is 0.407. The predicted molar refractivity (Wildman–Crippen MR) is 135 cm³/mol. The van der Waals surface area contributed by atoms with Crippen LogP contribution in [0.25, 0.3) is 22.4 Å². The van der Waals surface area contributed by atoms with Crippen LogP contribution in [0.5, 0.6) is 5.75 Å². The number of aromatic nitrogens is 2. The number of carboxylic acid groups (broad SMARTS) is 1. The number of rotatable bonds is 10. The van der Waals surface area contributed by atoms with Gasteiger partial charge in [-0.3, -0.25) is 4.68 Å². The molecule has 1 aliphatic rings. The molecule has 0 amide bonds. The van der Waals surface area contributed by atoms with E-state index in [1.165, 1.54) is 11.1 Å². The van der Waals surface area contributed by atoms with Gasteiger partial charge in [-0.1, -0.05) is 30.3 Å². The van der Waals surface area contributed by atoms with Gasteiger partial charge in [-0.25, -0.2) is 4.79 Å². The summed E-state index contributed by atoms with van der Waals surface area (Å²) >= 11 is 1.68. The van der Waals surface area contributed by atoms with Crippen molar-refractivity contribution >= 4 is 17.7 Å². The fourth-order valence-electron chi connectivity index (χ4n) is 4.76. The number of carbonyl (C=O) groups is 1. The number of ether oxygens (including phenoxy) is 2. The molecule has 4 rings (SSSR count). The number of benzene rings is 2. The largest absolute Gasteiger partial charge is 0.497 e. The average Bonchev–Trinajstić information content (AvgIpc) is 3.23. The maximum Gasteiger partial charge on any atom is 0.329 e. The van der Waals surface area contributed by atoms with Crippen LogP contribution in [0, 0.1) is 11.8 Å². The molecule has 1 saturated carbocycles. The highest BCUT2D eigenvalue weighted by Gasteiger charge is 2.26. The van der Waals surface area contributed by atoms with E-state index in [1.807, 2.05) is 18.2 Å². The van der Waals surface area contributed by atoms with Crippen LogP contribution in [0.15, 0.2) is 59.6 Å². The van der Waals surface area contributed by atoms with Gasteiger partial charge in [0.25, 0.3) is 0 Å². The van der Waals surface area contributed by atoms with Crippen LogP contribution in [-0.2, 0) is 16.1 Å². The van der Waals surface area contributed by atoms with E-state index >= 15 is 0 Å². The molecule has 0 atom stereocenters. The van der Waals surface area contributed by atoms with E-state index in [9.17, 15) is 4.79 Å². The SMILES string of the molecule is COc1ccc(-c2c(-c3ccccc3)c(SC)nn2C[C@H]2CC[C@@H](COCC(=O)O)CC2)cc1. The number of nitrogens with zero attached hydrogens (tertiary/aromatic N) is 2. The number of hydrogen-bond donors (Lipinski definition) is 1. The molecule has 0 saturated heterocycles. The van der Waals surface area contributed by atoms with Gasteiger partial charge in [-0.05, 0) is 73.6 Å². The lowest BCUT2D eigenvalue weighted by molar-refractivity contribution is -0.142. The van der Waals surface area contributed by atoms with Gasteiger partial charge in [0.05, 0.1) is 19.4 Å². The van der Waals surface area contributed by atoms with Crippen molar-refractivity contribution < 1.29 is 19.4 Å². The molecule has 180 valence electrons. The van der Waals surface area contributed by atoms with Crippen molar-refractivity contribution in [1.82, 2.24) is 9.78 Å². The Morgan fingerprint density at radius 2 is 1.71 bits per heavy atom. The third-order valence-corrected chi connectivity index (χ3v) is 7.19. The van der Waals surface area contributed by atoms with Crippen LogP contribution in [0.4, 0.5) is 0 Å². The van der Waals surface area contributed by atoms with E-state index in [2.05, 4.69) is 47.3 Å². The molecule has 34 heavy (non-hydrogen) atoms. The highest BCUT2D eigenvalue weighted by Crippen LogP contribution is 2.40. The van der Waals surface area contributed by atoms with E-state index in [-0.39, 0.29) is 6.61 Å². The summed E-state index contributed by atoms with van der Waals surface area (Å²) in [6.07, 6.45) is 6.39. The minimum atomic E-state index is -0.905. The molecule has 3 aromatic rings. The van der Waals surface area contributed by atoms with Gasteiger partial charge in [0, 0.05) is 17.7 Å². The van der Waals surface area contributed by atoms with Gasteiger partial charge in [0.2, 0.25) is 0 Å². The Labute approximate surface area is 205 Å². The molecule has 0 spiro atoms. The minimum Gasteiger partial charge on any atom is -0.497 e. The van der Waals surface area contributed by atoms with Gasteiger partial charge in [0.15, 0.2) is 0 Å². The first-order chi connectivity index (χ1) is 16.6. The fourth-order valence-corrected chi connectivity index (χ4v) is 5.36. The Hall–Kier alpha value is -2.77. The molecule has 0 unspecified atom stereocenters. The maximum absolute atomic E-state index is 10.7. The number of aliphatic carboxylic acids is 1. The average molecular weight is 481 g/mol. The van der Waals surface area contributed by atoms with Crippen molar-refractivity contribution in [1.29, 1.82) is 0 Å². The number of carboxylic acids is 1. The Kier molecular flexibility index (Phi) is 8.29. The van der Waals surface area contributed by atoms with Crippen LogP contribution in [0.1, 0.15) is 25.7 Å². The highest BCUT2D eigenvalue weighted by atomic mass is 32.2.